The number of benzene rings is 1. The summed E-state index contributed by atoms with van der Waals surface area (Å²) in [6.45, 7) is 11.5. The van der Waals surface area contributed by atoms with Crippen LogP contribution >= 0.6 is 0 Å². The molecular weight excluding hydrogens is 222 g/mol. The summed E-state index contributed by atoms with van der Waals surface area (Å²) in [5.74, 6) is 0. The molecule has 0 spiro atoms. The third kappa shape index (κ3) is 5.19. The predicted octanol–water partition coefficient (Wildman–Crippen LogP) is 2.94. The Kier molecular flexibility index (Phi) is 6.37. The fourth-order valence-electron chi connectivity index (χ4n) is 2.04. The van der Waals surface area contributed by atoms with Gasteiger partial charge in [0.25, 0.3) is 0 Å². The van der Waals surface area contributed by atoms with Crippen LogP contribution in [0.25, 0.3) is 0 Å². The van der Waals surface area contributed by atoms with Gasteiger partial charge >= 0.3 is 0 Å². The van der Waals surface area contributed by atoms with Crippen LogP contribution in [-0.2, 0) is 6.42 Å². The molecule has 18 heavy (non-hydrogen) atoms. The lowest BCUT2D eigenvalue weighted by Crippen LogP contribution is -2.28. The molecule has 0 aromatic heterocycles. The van der Waals surface area contributed by atoms with Gasteiger partial charge in [-0.25, -0.2) is 0 Å². The topological polar surface area (TPSA) is 23.5 Å². The molecule has 0 aliphatic rings. The number of aryl methyl sites for hydroxylation is 2. The molecule has 1 N–H and O–H groups in total. The average molecular weight is 249 g/mol. The van der Waals surface area contributed by atoms with E-state index in [2.05, 4.69) is 43.9 Å². The average Bonchev–Trinajstić information content (AvgIpc) is 2.33. The van der Waals surface area contributed by atoms with Crippen LogP contribution in [0.4, 0.5) is 0 Å². The number of aliphatic hydroxyl groups excluding tert-OH is 1. The first-order valence-electron chi connectivity index (χ1n) is 6.99. The van der Waals surface area contributed by atoms with Gasteiger partial charge in [-0.15, -0.1) is 0 Å². The van der Waals surface area contributed by atoms with Gasteiger partial charge in [0.1, 0.15) is 0 Å². The van der Waals surface area contributed by atoms with Crippen molar-refractivity contribution >= 4 is 0 Å². The van der Waals surface area contributed by atoms with Gasteiger partial charge in [-0.2, -0.15) is 0 Å². The van der Waals surface area contributed by atoms with Crippen LogP contribution in [0.1, 0.15) is 37.0 Å². The molecule has 1 unspecified atom stereocenters. The summed E-state index contributed by atoms with van der Waals surface area (Å²) in [4.78, 5) is 2.40. The van der Waals surface area contributed by atoms with Crippen molar-refractivity contribution in [1.82, 2.24) is 4.90 Å². The molecule has 0 amide bonds. The van der Waals surface area contributed by atoms with Crippen LogP contribution in [0.15, 0.2) is 18.2 Å². The minimum atomic E-state index is -0.194. The smallest absolute Gasteiger partial charge is 0.0524 e. The van der Waals surface area contributed by atoms with Crippen molar-refractivity contribution < 1.29 is 5.11 Å². The second-order valence-corrected chi connectivity index (χ2v) is 5.24. The highest BCUT2D eigenvalue weighted by Crippen LogP contribution is 2.11. The van der Waals surface area contributed by atoms with Crippen LogP contribution in [0.5, 0.6) is 0 Å². The molecule has 0 aliphatic carbocycles. The first-order chi connectivity index (χ1) is 8.52. The number of hydrogen-bond donors (Lipinski definition) is 1. The summed E-state index contributed by atoms with van der Waals surface area (Å²) in [6, 6.07) is 6.72. The standard InChI is InChI=1S/C16H27NO/c1-5-17(10-8-15(4)18)11-9-16-7-6-13(2)14(3)12-16/h6-7,12,15,18H,5,8-11H2,1-4H3. The minimum absolute atomic E-state index is 0.194. The van der Waals surface area contributed by atoms with E-state index in [1.54, 1.807) is 0 Å². The molecule has 0 heterocycles. The molecule has 2 nitrogen and oxygen atoms in total. The van der Waals surface area contributed by atoms with Gasteiger partial charge in [0.2, 0.25) is 0 Å². The van der Waals surface area contributed by atoms with Crippen LogP contribution in [0, 0.1) is 13.8 Å². The summed E-state index contributed by atoms with van der Waals surface area (Å²) >= 11 is 0. The van der Waals surface area contributed by atoms with Crippen molar-refractivity contribution in [1.29, 1.82) is 0 Å². The number of rotatable bonds is 7. The summed E-state index contributed by atoms with van der Waals surface area (Å²) in [5.41, 5.74) is 4.15. The molecule has 102 valence electrons. The molecule has 0 saturated heterocycles. The maximum atomic E-state index is 9.32. The molecule has 2 heteroatoms. The van der Waals surface area contributed by atoms with E-state index < -0.39 is 0 Å². The zero-order chi connectivity index (χ0) is 13.5. The Morgan fingerprint density at radius 1 is 1.17 bits per heavy atom. The van der Waals surface area contributed by atoms with Gasteiger partial charge in [-0.3, -0.25) is 0 Å². The Balaban J connectivity index is 2.44. The Bertz CT molecular complexity index is 360. The van der Waals surface area contributed by atoms with E-state index in [1.807, 2.05) is 6.92 Å². The Morgan fingerprint density at radius 2 is 1.89 bits per heavy atom. The SMILES string of the molecule is CCN(CCc1ccc(C)c(C)c1)CCC(C)O. The molecule has 0 radical (unpaired) electrons. The quantitative estimate of drug-likeness (QED) is 0.803. The Morgan fingerprint density at radius 3 is 2.44 bits per heavy atom. The van der Waals surface area contributed by atoms with Gasteiger partial charge in [0, 0.05) is 13.1 Å². The first kappa shape index (κ1) is 15.2. The number of aliphatic hydroxyl groups is 1. The summed E-state index contributed by atoms with van der Waals surface area (Å²) in [6.07, 6.45) is 1.76. The second-order valence-electron chi connectivity index (χ2n) is 5.24. The van der Waals surface area contributed by atoms with E-state index >= 15 is 0 Å². The number of hydrogen-bond acceptors (Lipinski definition) is 2. The summed E-state index contributed by atoms with van der Waals surface area (Å²) < 4.78 is 0. The molecule has 0 fully saturated rings. The molecule has 1 rings (SSSR count). The fraction of sp³-hybridized carbons (Fsp3) is 0.625. The van der Waals surface area contributed by atoms with Crippen molar-refractivity contribution in [3.8, 4) is 0 Å². The Labute approximate surface area is 112 Å². The van der Waals surface area contributed by atoms with Crippen LogP contribution in [-0.4, -0.2) is 35.7 Å². The van der Waals surface area contributed by atoms with E-state index in [4.69, 9.17) is 0 Å². The number of likely N-dealkylation sites (N-methyl/N-ethyl adjacent to an activating group) is 1. The molecule has 0 aliphatic heterocycles. The third-order valence-corrected chi connectivity index (χ3v) is 3.60. The maximum absolute atomic E-state index is 9.32. The van der Waals surface area contributed by atoms with Crippen molar-refractivity contribution in [3.05, 3.63) is 34.9 Å². The van der Waals surface area contributed by atoms with Gasteiger partial charge in [0.05, 0.1) is 6.10 Å². The van der Waals surface area contributed by atoms with E-state index in [0.717, 1.165) is 32.5 Å². The molecule has 1 aromatic carbocycles. The van der Waals surface area contributed by atoms with E-state index in [1.165, 1.54) is 16.7 Å². The van der Waals surface area contributed by atoms with Crippen molar-refractivity contribution in [2.75, 3.05) is 19.6 Å². The highest BCUT2D eigenvalue weighted by atomic mass is 16.3. The van der Waals surface area contributed by atoms with E-state index in [0.29, 0.717) is 0 Å². The lowest BCUT2D eigenvalue weighted by Gasteiger charge is -2.21. The van der Waals surface area contributed by atoms with E-state index in [-0.39, 0.29) is 6.10 Å². The van der Waals surface area contributed by atoms with Gasteiger partial charge < -0.3 is 10.0 Å². The van der Waals surface area contributed by atoms with E-state index in [9.17, 15) is 5.11 Å². The van der Waals surface area contributed by atoms with Gasteiger partial charge in [-0.05, 0) is 56.8 Å². The molecular formula is C16H27NO. The molecule has 0 saturated carbocycles. The fourth-order valence-corrected chi connectivity index (χ4v) is 2.04. The summed E-state index contributed by atoms with van der Waals surface area (Å²) in [7, 11) is 0. The van der Waals surface area contributed by atoms with Crippen molar-refractivity contribution in [3.63, 3.8) is 0 Å². The number of nitrogens with zero attached hydrogens (tertiary/aromatic N) is 1. The Hall–Kier alpha value is -0.860. The van der Waals surface area contributed by atoms with Crippen LogP contribution in [0.2, 0.25) is 0 Å². The second kappa shape index (κ2) is 7.55. The predicted molar refractivity (Wildman–Crippen MR) is 78.0 cm³/mol. The first-order valence-corrected chi connectivity index (χ1v) is 6.99. The zero-order valence-corrected chi connectivity index (χ0v) is 12.2. The van der Waals surface area contributed by atoms with Gasteiger partial charge in [0.15, 0.2) is 0 Å². The van der Waals surface area contributed by atoms with Gasteiger partial charge in [-0.1, -0.05) is 25.1 Å². The van der Waals surface area contributed by atoms with Crippen molar-refractivity contribution in [2.45, 2.75) is 46.6 Å². The lowest BCUT2D eigenvalue weighted by atomic mass is 10.0. The zero-order valence-electron chi connectivity index (χ0n) is 12.2. The molecule has 0 bridgehead atoms. The van der Waals surface area contributed by atoms with Crippen LogP contribution < -0.4 is 0 Å². The summed E-state index contributed by atoms with van der Waals surface area (Å²) in [5, 5.41) is 9.32. The molecule has 1 aromatic rings. The monoisotopic (exact) mass is 249 g/mol. The van der Waals surface area contributed by atoms with Crippen LogP contribution in [0.3, 0.4) is 0 Å². The maximum Gasteiger partial charge on any atom is 0.0524 e. The normalized spacial score (nSPS) is 13.0. The minimum Gasteiger partial charge on any atom is -0.393 e. The highest BCUT2D eigenvalue weighted by molar-refractivity contribution is 5.30. The third-order valence-electron chi connectivity index (χ3n) is 3.60. The van der Waals surface area contributed by atoms with Crippen molar-refractivity contribution in [2.24, 2.45) is 0 Å². The highest BCUT2D eigenvalue weighted by Gasteiger charge is 2.05. The largest absolute Gasteiger partial charge is 0.393 e. The lowest BCUT2D eigenvalue weighted by molar-refractivity contribution is 0.158. The molecule has 1 atom stereocenters.